The van der Waals surface area contributed by atoms with Gasteiger partial charge in [0.2, 0.25) is 5.89 Å². The number of nitrogens with zero attached hydrogens (tertiary/aromatic N) is 4. The molecule has 0 atom stereocenters. The quantitative estimate of drug-likeness (QED) is 0.809. The summed E-state index contributed by atoms with van der Waals surface area (Å²) in [6.07, 6.45) is 2.20. The predicted molar refractivity (Wildman–Crippen MR) is 73.0 cm³/mol. The third kappa shape index (κ3) is 2.60. The molecule has 0 amide bonds. The van der Waals surface area contributed by atoms with Crippen LogP contribution in [0.1, 0.15) is 56.1 Å². The average Bonchev–Trinajstić information content (AvgIpc) is 3.12. The van der Waals surface area contributed by atoms with Crippen molar-refractivity contribution < 1.29 is 4.52 Å². The SMILES string of the molecule is CC(C)c1nc(Cl)cc(=O)n1Cc1noc(C2CC2)n1. The van der Waals surface area contributed by atoms with Crippen molar-refractivity contribution in [3.8, 4) is 0 Å². The Hall–Kier alpha value is -1.69. The monoisotopic (exact) mass is 294 g/mol. The molecule has 1 fully saturated rings. The smallest absolute Gasteiger partial charge is 0.255 e. The lowest BCUT2D eigenvalue weighted by molar-refractivity contribution is 0.372. The van der Waals surface area contributed by atoms with Crippen molar-refractivity contribution in [2.75, 3.05) is 0 Å². The maximum atomic E-state index is 12.1. The van der Waals surface area contributed by atoms with E-state index in [9.17, 15) is 4.79 Å². The fourth-order valence-corrected chi connectivity index (χ4v) is 2.24. The molecule has 0 aromatic carbocycles. The highest BCUT2D eigenvalue weighted by molar-refractivity contribution is 6.29. The summed E-state index contributed by atoms with van der Waals surface area (Å²) in [4.78, 5) is 20.6. The Morgan fingerprint density at radius 2 is 2.20 bits per heavy atom. The summed E-state index contributed by atoms with van der Waals surface area (Å²) < 4.78 is 6.74. The van der Waals surface area contributed by atoms with Crippen LogP contribution in [-0.4, -0.2) is 19.7 Å². The van der Waals surface area contributed by atoms with E-state index in [2.05, 4.69) is 15.1 Å². The first-order valence-electron chi connectivity index (χ1n) is 6.64. The average molecular weight is 295 g/mol. The van der Waals surface area contributed by atoms with Crippen LogP contribution in [-0.2, 0) is 6.54 Å². The Kier molecular flexibility index (Phi) is 3.33. The normalized spacial score (nSPS) is 15.0. The van der Waals surface area contributed by atoms with E-state index >= 15 is 0 Å². The molecule has 0 saturated heterocycles. The summed E-state index contributed by atoms with van der Waals surface area (Å²) >= 11 is 5.85. The molecule has 7 heteroatoms. The van der Waals surface area contributed by atoms with E-state index in [0.29, 0.717) is 23.5 Å². The molecule has 1 aliphatic rings. The predicted octanol–water partition coefficient (Wildman–Crippen LogP) is 2.33. The topological polar surface area (TPSA) is 73.8 Å². The van der Waals surface area contributed by atoms with Gasteiger partial charge in [-0.2, -0.15) is 4.98 Å². The standard InChI is InChI=1S/C13H15ClN4O2/c1-7(2)12-15-9(14)5-11(19)18(12)6-10-16-13(20-17-10)8-3-4-8/h5,7-8H,3-4,6H2,1-2H3. The molecule has 2 heterocycles. The van der Waals surface area contributed by atoms with Crippen LogP contribution in [0, 0.1) is 0 Å². The van der Waals surface area contributed by atoms with Gasteiger partial charge in [-0.15, -0.1) is 0 Å². The van der Waals surface area contributed by atoms with Crippen molar-refractivity contribution in [2.45, 2.75) is 45.1 Å². The van der Waals surface area contributed by atoms with E-state index in [1.54, 1.807) is 0 Å². The van der Waals surface area contributed by atoms with Crippen molar-refractivity contribution in [1.29, 1.82) is 0 Å². The van der Waals surface area contributed by atoms with Gasteiger partial charge in [0.05, 0.1) is 6.54 Å². The van der Waals surface area contributed by atoms with Crippen LogP contribution in [0.5, 0.6) is 0 Å². The van der Waals surface area contributed by atoms with Crippen molar-refractivity contribution in [3.05, 3.63) is 39.1 Å². The maximum absolute atomic E-state index is 12.1. The van der Waals surface area contributed by atoms with Crippen LogP contribution in [0.2, 0.25) is 5.15 Å². The van der Waals surface area contributed by atoms with Gasteiger partial charge in [0, 0.05) is 17.9 Å². The van der Waals surface area contributed by atoms with Crippen LogP contribution in [0.15, 0.2) is 15.4 Å². The number of hydrogen-bond acceptors (Lipinski definition) is 5. The Morgan fingerprint density at radius 1 is 1.45 bits per heavy atom. The molecule has 0 N–H and O–H groups in total. The van der Waals surface area contributed by atoms with Gasteiger partial charge in [-0.05, 0) is 12.8 Å². The molecule has 2 aromatic heterocycles. The summed E-state index contributed by atoms with van der Waals surface area (Å²) in [6.45, 7) is 4.17. The van der Waals surface area contributed by atoms with E-state index in [0.717, 1.165) is 12.8 Å². The fourth-order valence-electron chi connectivity index (χ4n) is 2.06. The molecular formula is C13H15ClN4O2. The Morgan fingerprint density at radius 3 is 2.85 bits per heavy atom. The van der Waals surface area contributed by atoms with Crippen molar-refractivity contribution >= 4 is 11.6 Å². The van der Waals surface area contributed by atoms with Gasteiger partial charge in [0.25, 0.3) is 5.56 Å². The molecule has 1 saturated carbocycles. The van der Waals surface area contributed by atoms with Crippen LogP contribution in [0.4, 0.5) is 0 Å². The molecule has 0 spiro atoms. The third-order valence-corrected chi connectivity index (χ3v) is 3.43. The summed E-state index contributed by atoms with van der Waals surface area (Å²) in [7, 11) is 0. The lowest BCUT2D eigenvalue weighted by Crippen LogP contribution is -2.26. The van der Waals surface area contributed by atoms with Gasteiger partial charge in [-0.1, -0.05) is 30.6 Å². The van der Waals surface area contributed by atoms with Crippen LogP contribution in [0.25, 0.3) is 0 Å². The first-order valence-corrected chi connectivity index (χ1v) is 7.02. The molecule has 106 valence electrons. The minimum Gasteiger partial charge on any atom is -0.339 e. The number of aromatic nitrogens is 4. The molecule has 0 unspecified atom stereocenters. The molecule has 0 bridgehead atoms. The van der Waals surface area contributed by atoms with Gasteiger partial charge in [-0.3, -0.25) is 9.36 Å². The summed E-state index contributed by atoms with van der Waals surface area (Å²) in [5.41, 5.74) is -0.202. The van der Waals surface area contributed by atoms with Gasteiger partial charge < -0.3 is 4.52 Å². The van der Waals surface area contributed by atoms with Crippen LogP contribution in [0.3, 0.4) is 0 Å². The maximum Gasteiger partial charge on any atom is 0.255 e. The molecule has 3 rings (SSSR count). The number of rotatable bonds is 4. The Labute approximate surface area is 120 Å². The second-order valence-electron chi connectivity index (χ2n) is 5.34. The number of halogens is 1. The highest BCUT2D eigenvalue weighted by Gasteiger charge is 2.29. The Bertz CT molecular complexity index is 688. The van der Waals surface area contributed by atoms with E-state index in [-0.39, 0.29) is 23.2 Å². The van der Waals surface area contributed by atoms with Crippen molar-refractivity contribution in [2.24, 2.45) is 0 Å². The summed E-state index contributed by atoms with van der Waals surface area (Å²) in [5.74, 6) is 2.28. The minimum absolute atomic E-state index is 0.0798. The van der Waals surface area contributed by atoms with Gasteiger partial charge in [0.1, 0.15) is 11.0 Å². The summed E-state index contributed by atoms with van der Waals surface area (Å²) in [5, 5.41) is 4.14. The number of hydrogen-bond donors (Lipinski definition) is 0. The lowest BCUT2D eigenvalue weighted by atomic mass is 10.2. The van der Waals surface area contributed by atoms with E-state index in [4.69, 9.17) is 16.1 Å². The molecule has 20 heavy (non-hydrogen) atoms. The zero-order valence-electron chi connectivity index (χ0n) is 11.3. The molecule has 0 radical (unpaired) electrons. The lowest BCUT2D eigenvalue weighted by Gasteiger charge is -2.12. The first-order chi connectivity index (χ1) is 9.54. The van der Waals surface area contributed by atoms with Crippen molar-refractivity contribution in [1.82, 2.24) is 19.7 Å². The molecule has 0 aliphatic heterocycles. The zero-order chi connectivity index (χ0) is 14.3. The largest absolute Gasteiger partial charge is 0.339 e. The van der Waals surface area contributed by atoms with Crippen LogP contribution < -0.4 is 5.56 Å². The second kappa shape index (κ2) is 5.01. The van der Waals surface area contributed by atoms with Gasteiger partial charge in [0.15, 0.2) is 5.82 Å². The third-order valence-electron chi connectivity index (χ3n) is 3.23. The Balaban J connectivity index is 1.94. The fraction of sp³-hybridized carbons (Fsp3) is 0.538. The second-order valence-corrected chi connectivity index (χ2v) is 5.73. The minimum atomic E-state index is -0.202. The summed E-state index contributed by atoms with van der Waals surface area (Å²) in [6, 6.07) is 1.30. The van der Waals surface area contributed by atoms with Crippen LogP contribution >= 0.6 is 11.6 Å². The first kappa shape index (κ1) is 13.3. The van der Waals surface area contributed by atoms with Gasteiger partial charge in [-0.25, -0.2) is 4.98 Å². The zero-order valence-corrected chi connectivity index (χ0v) is 12.1. The highest BCUT2D eigenvalue weighted by Crippen LogP contribution is 2.38. The molecule has 1 aliphatic carbocycles. The van der Waals surface area contributed by atoms with E-state index in [1.165, 1.54) is 10.6 Å². The van der Waals surface area contributed by atoms with E-state index in [1.807, 2.05) is 13.8 Å². The molecular weight excluding hydrogens is 280 g/mol. The highest BCUT2D eigenvalue weighted by atomic mass is 35.5. The van der Waals surface area contributed by atoms with E-state index < -0.39 is 0 Å². The molecule has 6 nitrogen and oxygen atoms in total. The van der Waals surface area contributed by atoms with Gasteiger partial charge >= 0.3 is 0 Å². The molecule has 2 aromatic rings. The van der Waals surface area contributed by atoms with Crippen molar-refractivity contribution in [3.63, 3.8) is 0 Å².